The molecule has 158 valence electrons. The summed E-state index contributed by atoms with van der Waals surface area (Å²) in [5.41, 5.74) is 3.09. The van der Waals surface area contributed by atoms with Gasteiger partial charge in [0.25, 0.3) is 5.91 Å². The maximum atomic E-state index is 12.9. The van der Waals surface area contributed by atoms with E-state index in [9.17, 15) is 4.79 Å². The second kappa shape index (κ2) is 11.1. The number of carbonyl (C=O) groups excluding carboxylic acids is 1. The van der Waals surface area contributed by atoms with Gasteiger partial charge >= 0.3 is 0 Å². The Balaban J connectivity index is 0.00000210. The number of amides is 1. The van der Waals surface area contributed by atoms with Crippen molar-refractivity contribution in [1.82, 2.24) is 25.4 Å². The zero-order chi connectivity index (χ0) is 19.4. The zero-order valence-corrected chi connectivity index (χ0v) is 18.8. The lowest BCUT2D eigenvalue weighted by molar-refractivity contribution is 0.0952. The predicted molar refractivity (Wildman–Crippen MR) is 123 cm³/mol. The van der Waals surface area contributed by atoms with Crippen LogP contribution in [-0.4, -0.2) is 39.8 Å². The highest BCUT2D eigenvalue weighted by Crippen LogP contribution is 2.26. The van der Waals surface area contributed by atoms with Crippen LogP contribution < -0.4 is 10.6 Å². The van der Waals surface area contributed by atoms with Crippen LogP contribution in [0.25, 0.3) is 22.3 Å². The molecule has 0 aliphatic rings. The van der Waals surface area contributed by atoms with Crippen LogP contribution >= 0.6 is 24.8 Å². The van der Waals surface area contributed by atoms with Gasteiger partial charge in [0.2, 0.25) is 0 Å². The number of nitrogens with zero attached hydrogens (tertiary/aromatic N) is 3. The van der Waals surface area contributed by atoms with Gasteiger partial charge in [-0.15, -0.1) is 24.8 Å². The molecule has 0 fully saturated rings. The minimum Gasteiger partial charge on any atom is -0.350 e. The van der Waals surface area contributed by atoms with Crippen molar-refractivity contribution < 1.29 is 4.79 Å². The Morgan fingerprint density at radius 3 is 2.45 bits per heavy atom. The van der Waals surface area contributed by atoms with E-state index in [4.69, 9.17) is 4.98 Å². The monoisotopic (exact) mass is 437 g/mol. The summed E-state index contributed by atoms with van der Waals surface area (Å²) in [6.45, 7) is 9.66. The second-order valence-corrected chi connectivity index (χ2v) is 7.01. The van der Waals surface area contributed by atoms with E-state index in [1.54, 1.807) is 6.20 Å². The highest BCUT2D eigenvalue weighted by Gasteiger charge is 2.18. The fraction of sp³-hybridized carbons (Fsp3) is 0.381. The normalized spacial score (nSPS) is 11.6. The number of carbonyl (C=O) groups is 1. The van der Waals surface area contributed by atoms with Crippen LogP contribution in [0, 0.1) is 0 Å². The molecule has 1 atom stereocenters. The molecule has 0 saturated carbocycles. The Kier molecular flexibility index (Phi) is 9.56. The van der Waals surface area contributed by atoms with Crippen LogP contribution in [-0.2, 0) is 0 Å². The Hall–Kier alpha value is -2.15. The first kappa shape index (κ1) is 24.9. The molecular formula is C21H29Cl2N5O. The van der Waals surface area contributed by atoms with E-state index in [0.717, 1.165) is 28.8 Å². The van der Waals surface area contributed by atoms with Gasteiger partial charge in [-0.05, 0) is 33.4 Å². The number of likely N-dealkylation sites (N-methyl/N-ethyl adjacent to an activating group) is 1. The molecule has 0 aliphatic carbocycles. The van der Waals surface area contributed by atoms with Crippen molar-refractivity contribution in [3.05, 3.63) is 48.2 Å². The molecule has 0 unspecified atom stereocenters. The Morgan fingerprint density at radius 2 is 1.83 bits per heavy atom. The molecule has 1 amide bonds. The molecule has 0 saturated heterocycles. The van der Waals surface area contributed by atoms with Gasteiger partial charge in [-0.1, -0.05) is 37.3 Å². The fourth-order valence-corrected chi connectivity index (χ4v) is 3.10. The SMILES string of the molecule is CCN[C@H](C)CNC(=O)c1cc(-c2ccccc2)nc2c1cnn2C(C)C.Cl.Cl. The maximum absolute atomic E-state index is 12.9. The highest BCUT2D eigenvalue weighted by molar-refractivity contribution is 6.06. The molecule has 2 heterocycles. The van der Waals surface area contributed by atoms with Crippen molar-refractivity contribution in [2.75, 3.05) is 13.1 Å². The molecular weight excluding hydrogens is 409 g/mol. The van der Waals surface area contributed by atoms with Gasteiger partial charge < -0.3 is 10.6 Å². The number of halogens is 2. The highest BCUT2D eigenvalue weighted by atomic mass is 35.5. The standard InChI is InChI=1S/C21H27N5O.2ClH/c1-5-22-15(4)12-23-21(27)17-11-19(16-9-7-6-8-10-16)25-20-18(17)13-24-26(20)14(2)3;;/h6-11,13-15,22H,5,12H2,1-4H3,(H,23,27);2*1H/t15-;;/m1../s1. The molecule has 1 aromatic carbocycles. The van der Waals surface area contributed by atoms with Crippen LogP contribution in [0.3, 0.4) is 0 Å². The first-order valence-electron chi connectivity index (χ1n) is 9.46. The van der Waals surface area contributed by atoms with Crippen LogP contribution in [0.15, 0.2) is 42.6 Å². The molecule has 8 heteroatoms. The number of aromatic nitrogens is 3. The van der Waals surface area contributed by atoms with Gasteiger partial charge in [-0.25, -0.2) is 9.67 Å². The minimum atomic E-state index is -0.104. The van der Waals surface area contributed by atoms with Crippen molar-refractivity contribution in [2.45, 2.75) is 39.8 Å². The second-order valence-electron chi connectivity index (χ2n) is 7.01. The van der Waals surface area contributed by atoms with Gasteiger partial charge in [-0.2, -0.15) is 5.10 Å². The van der Waals surface area contributed by atoms with Crippen molar-refractivity contribution in [3.8, 4) is 11.3 Å². The molecule has 29 heavy (non-hydrogen) atoms. The first-order valence-corrected chi connectivity index (χ1v) is 9.46. The summed E-state index contributed by atoms with van der Waals surface area (Å²) in [7, 11) is 0. The summed E-state index contributed by atoms with van der Waals surface area (Å²) in [6.07, 6.45) is 1.74. The first-order chi connectivity index (χ1) is 13.0. The average molecular weight is 438 g/mol. The van der Waals surface area contributed by atoms with Gasteiger partial charge in [0.1, 0.15) is 0 Å². The van der Waals surface area contributed by atoms with Crippen LogP contribution in [0.4, 0.5) is 0 Å². The summed E-state index contributed by atoms with van der Waals surface area (Å²) < 4.78 is 1.86. The zero-order valence-electron chi connectivity index (χ0n) is 17.2. The van der Waals surface area contributed by atoms with Crippen LogP contribution in [0.2, 0.25) is 0 Å². The molecule has 3 aromatic rings. The Bertz CT molecular complexity index is 927. The fourth-order valence-electron chi connectivity index (χ4n) is 3.10. The van der Waals surface area contributed by atoms with E-state index in [0.29, 0.717) is 12.1 Å². The Labute approximate surface area is 184 Å². The lowest BCUT2D eigenvalue weighted by atomic mass is 10.1. The molecule has 6 nitrogen and oxygen atoms in total. The lowest BCUT2D eigenvalue weighted by Crippen LogP contribution is -2.38. The number of hydrogen-bond acceptors (Lipinski definition) is 4. The summed E-state index contributed by atoms with van der Waals surface area (Å²) in [4.78, 5) is 17.7. The lowest BCUT2D eigenvalue weighted by Gasteiger charge is -2.14. The van der Waals surface area contributed by atoms with Crippen LogP contribution in [0.5, 0.6) is 0 Å². The number of fused-ring (bicyclic) bond motifs is 1. The largest absolute Gasteiger partial charge is 0.350 e. The smallest absolute Gasteiger partial charge is 0.252 e. The number of nitrogens with one attached hydrogen (secondary N) is 2. The van der Waals surface area contributed by atoms with E-state index in [1.165, 1.54) is 0 Å². The molecule has 0 radical (unpaired) electrons. The van der Waals surface area contributed by atoms with Gasteiger partial charge in [-0.3, -0.25) is 4.79 Å². The molecule has 2 aromatic heterocycles. The molecule has 0 bridgehead atoms. The van der Waals surface area contributed by atoms with E-state index in [-0.39, 0.29) is 42.8 Å². The quantitative estimate of drug-likeness (QED) is 0.579. The summed E-state index contributed by atoms with van der Waals surface area (Å²) in [5.74, 6) is -0.104. The van der Waals surface area contributed by atoms with Gasteiger partial charge in [0.05, 0.1) is 22.8 Å². The molecule has 2 N–H and O–H groups in total. The minimum absolute atomic E-state index is 0. The van der Waals surface area contributed by atoms with Gasteiger partial charge in [0, 0.05) is 24.2 Å². The molecule has 0 spiro atoms. The summed E-state index contributed by atoms with van der Waals surface area (Å²) in [6, 6.07) is 12.1. The summed E-state index contributed by atoms with van der Waals surface area (Å²) in [5, 5.41) is 11.6. The van der Waals surface area contributed by atoms with E-state index < -0.39 is 0 Å². The third-order valence-electron chi connectivity index (χ3n) is 4.49. The molecule has 3 rings (SSSR count). The maximum Gasteiger partial charge on any atom is 0.252 e. The number of pyridine rings is 1. The van der Waals surface area contributed by atoms with Crippen molar-refractivity contribution in [3.63, 3.8) is 0 Å². The van der Waals surface area contributed by atoms with Crippen molar-refractivity contribution in [1.29, 1.82) is 0 Å². The third-order valence-corrected chi connectivity index (χ3v) is 4.49. The number of hydrogen-bond donors (Lipinski definition) is 2. The van der Waals surface area contributed by atoms with Gasteiger partial charge in [0.15, 0.2) is 5.65 Å². The topological polar surface area (TPSA) is 71.8 Å². The third kappa shape index (κ3) is 5.69. The summed E-state index contributed by atoms with van der Waals surface area (Å²) >= 11 is 0. The predicted octanol–water partition coefficient (Wildman–Crippen LogP) is 4.25. The van der Waals surface area contributed by atoms with E-state index >= 15 is 0 Å². The average Bonchev–Trinajstić information content (AvgIpc) is 3.10. The van der Waals surface area contributed by atoms with Crippen LogP contribution in [0.1, 0.15) is 44.1 Å². The van der Waals surface area contributed by atoms with E-state index in [1.807, 2.05) is 41.1 Å². The number of benzene rings is 1. The number of rotatable bonds is 7. The molecule has 0 aliphatic heterocycles. The van der Waals surface area contributed by atoms with Crippen molar-refractivity contribution >= 4 is 41.8 Å². The Morgan fingerprint density at radius 1 is 1.14 bits per heavy atom. The van der Waals surface area contributed by atoms with Crippen molar-refractivity contribution in [2.24, 2.45) is 0 Å². The van der Waals surface area contributed by atoms with E-state index in [2.05, 4.69) is 43.4 Å².